The lowest BCUT2D eigenvalue weighted by atomic mass is 9.90. The van der Waals surface area contributed by atoms with Crippen molar-refractivity contribution in [1.82, 2.24) is 4.90 Å². The number of carboxylic acids is 1. The fourth-order valence-corrected chi connectivity index (χ4v) is 3.53. The summed E-state index contributed by atoms with van der Waals surface area (Å²) in [7, 11) is 0. The second kappa shape index (κ2) is 8.54. The van der Waals surface area contributed by atoms with E-state index >= 15 is 0 Å². The SMILES string of the molecule is Cc1ccc(N2CCN(C(=O)[C@@H](CC(C)C)[C@H](O)C(=O)O)[C@H](C)C2)cc1. The molecule has 26 heavy (non-hydrogen) atoms. The average molecular weight is 362 g/mol. The van der Waals surface area contributed by atoms with Crippen LogP contribution in [0.25, 0.3) is 0 Å². The number of hydrogen-bond donors (Lipinski definition) is 2. The number of aliphatic carboxylic acids is 1. The molecule has 1 aliphatic heterocycles. The molecule has 1 aromatic carbocycles. The van der Waals surface area contributed by atoms with Gasteiger partial charge in [-0.05, 0) is 38.3 Å². The van der Waals surface area contributed by atoms with Crippen LogP contribution in [-0.2, 0) is 9.59 Å². The highest BCUT2D eigenvalue weighted by Crippen LogP contribution is 2.24. The Morgan fingerprint density at radius 3 is 2.31 bits per heavy atom. The topological polar surface area (TPSA) is 81.1 Å². The smallest absolute Gasteiger partial charge is 0.333 e. The van der Waals surface area contributed by atoms with E-state index in [0.29, 0.717) is 26.1 Å². The Balaban J connectivity index is 2.09. The molecule has 2 rings (SSSR count). The Bertz CT molecular complexity index is 629. The molecule has 144 valence electrons. The first-order chi connectivity index (χ1) is 12.2. The van der Waals surface area contributed by atoms with Crippen LogP contribution >= 0.6 is 0 Å². The molecular formula is C20H30N2O4. The molecule has 2 N–H and O–H groups in total. The molecule has 0 bridgehead atoms. The molecule has 6 nitrogen and oxygen atoms in total. The number of aliphatic hydroxyl groups excluding tert-OH is 1. The van der Waals surface area contributed by atoms with Gasteiger partial charge in [-0.2, -0.15) is 0 Å². The molecule has 6 heteroatoms. The van der Waals surface area contributed by atoms with Gasteiger partial charge < -0.3 is 20.0 Å². The molecule has 0 aliphatic carbocycles. The summed E-state index contributed by atoms with van der Waals surface area (Å²) in [5.74, 6) is -2.37. The largest absolute Gasteiger partial charge is 0.479 e. The van der Waals surface area contributed by atoms with E-state index in [4.69, 9.17) is 5.11 Å². The number of hydrogen-bond acceptors (Lipinski definition) is 4. The van der Waals surface area contributed by atoms with Gasteiger partial charge in [0.15, 0.2) is 6.10 Å². The fraction of sp³-hybridized carbons (Fsp3) is 0.600. The van der Waals surface area contributed by atoms with E-state index in [1.807, 2.05) is 27.7 Å². The van der Waals surface area contributed by atoms with Crippen LogP contribution in [0.2, 0.25) is 0 Å². The summed E-state index contributed by atoms with van der Waals surface area (Å²) in [5, 5.41) is 19.2. The van der Waals surface area contributed by atoms with Crippen LogP contribution in [0, 0.1) is 18.8 Å². The number of carbonyl (C=O) groups is 2. The number of benzene rings is 1. The minimum absolute atomic E-state index is 0.0480. The summed E-state index contributed by atoms with van der Waals surface area (Å²) in [6, 6.07) is 8.25. The molecule has 1 aromatic rings. The highest BCUT2D eigenvalue weighted by atomic mass is 16.4. The monoisotopic (exact) mass is 362 g/mol. The molecule has 0 unspecified atom stereocenters. The van der Waals surface area contributed by atoms with Crippen molar-refractivity contribution in [3.05, 3.63) is 29.8 Å². The van der Waals surface area contributed by atoms with Gasteiger partial charge in [0.1, 0.15) is 0 Å². The molecule has 0 radical (unpaired) electrons. The number of rotatable bonds is 6. The van der Waals surface area contributed by atoms with Gasteiger partial charge >= 0.3 is 5.97 Å². The quantitative estimate of drug-likeness (QED) is 0.810. The van der Waals surface area contributed by atoms with Gasteiger partial charge in [-0.15, -0.1) is 0 Å². The first-order valence-corrected chi connectivity index (χ1v) is 9.23. The third-order valence-corrected chi connectivity index (χ3v) is 4.99. The molecule has 0 aromatic heterocycles. The molecule has 1 fully saturated rings. The lowest BCUT2D eigenvalue weighted by Crippen LogP contribution is -2.57. The van der Waals surface area contributed by atoms with Gasteiger partial charge in [-0.25, -0.2) is 4.79 Å². The zero-order valence-electron chi connectivity index (χ0n) is 16.1. The fourth-order valence-electron chi connectivity index (χ4n) is 3.53. The number of amides is 1. The van der Waals surface area contributed by atoms with Crippen molar-refractivity contribution in [2.24, 2.45) is 11.8 Å². The third kappa shape index (κ3) is 4.75. The summed E-state index contributed by atoms with van der Waals surface area (Å²) in [6.07, 6.45) is -1.30. The molecule has 3 atom stereocenters. The minimum Gasteiger partial charge on any atom is -0.479 e. The van der Waals surface area contributed by atoms with Crippen LogP contribution in [0.4, 0.5) is 5.69 Å². The van der Waals surface area contributed by atoms with E-state index in [1.54, 1.807) is 4.90 Å². The van der Waals surface area contributed by atoms with Gasteiger partial charge in [0.25, 0.3) is 0 Å². The van der Waals surface area contributed by atoms with E-state index < -0.39 is 18.0 Å². The zero-order valence-corrected chi connectivity index (χ0v) is 16.1. The number of nitrogens with zero attached hydrogens (tertiary/aromatic N) is 2. The second-order valence-corrected chi connectivity index (χ2v) is 7.68. The van der Waals surface area contributed by atoms with Gasteiger partial charge in [0.05, 0.1) is 5.92 Å². The van der Waals surface area contributed by atoms with Crippen LogP contribution in [0.15, 0.2) is 24.3 Å². The predicted octanol–water partition coefficient (Wildman–Crippen LogP) is 2.14. The van der Waals surface area contributed by atoms with E-state index in [9.17, 15) is 14.7 Å². The number of carboxylic acid groups (broad SMARTS) is 1. The lowest BCUT2D eigenvalue weighted by Gasteiger charge is -2.42. The molecule has 1 heterocycles. The van der Waals surface area contributed by atoms with E-state index in [-0.39, 0.29) is 17.9 Å². The zero-order chi connectivity index (χ0) is 19.4. The molecule has 0 spiro atoms. The van der Waals surface area contributed by atoms with E-state index in [1.165, 1.54) is 5.56 Å². The number of aliphatic hydroxyl groups is 1. The van der Waals surface area contributed by atoms with Gasteiger partial charge in [-0.1, -0.05) is 31.5 Å². The van der Waals surface area contributed by atoms with Crippen LogP contribution in [0.5, 0.6) is 0 Å². The summed E-state index contributed by atoms with van der Waals surface area (Å²) < 4.78 is 0. The second-order valence-electron chi connectivity index (χ2n) is 7.68. The standard InChI is InChI=1S/C20H30N2O4/c1-13(2)11-17(18(23)20(25)26)19(24)22-10-9-21(12-15(22)4)16-7-5-14(3)6-8-16/h5-8,13,15,17-18,23H,9-12H2,1-4H3,(H,25,26)/t15-,17+,18+/m1/s1. The van der Waals surface area contributed by atoms with Crippen molar-refractivity contribution in [3.63, 3.8) is 0 Å². The van der Waals surface area contributed by atoms with Crippen LogP contribution in [-0.4, -0.2) is 58.8 Å². The highest BCUT2D eigenvalue weighted by Gasteiger charge is 2.38. The molecule has 1 aliphatic rings. The first-order valence-electron chi connectivity index (χ1n) is 9.23. The summed E-state index contributed by atoms with van der Waals surface area (Å²) >= 11 is 0. The lowest BCUT2D eigenvalue weighted by molar-refractivity contribution is -0.158. The van der Waals surface area contributed by atoms with Crippen LogP contribution in [0.1, 0.15) is 32.8 Å². The third-order valence-electron chi connectivity index (χ3n) is 4.99. The first kappa shape index (κ1) is 20.2. The average Bonchev–Trinajstić information content (AvgIpc) is 2.58. The van der Waals surface area contributed by atoms with Crippen molar-refractivity contribution in [3.8, 4) is 0 Å². The molecule has 1 saturated heterocycles. The van der Waals surface area contributed by atoms with E-state index in [2.05, 4.69) is 29.2 Å². The predicted molar refractivity (Wildman–Crippen MR) is 101 cm³/mol. The van der Waals surface area contributed by atoms with Crippen molar-refractivity contribution in [2.45, 2.75) is 46.3 Å². The Labute approximate surface area is 155 Å². The maximum absolute atomic E-state index is 13.0. The summed E-state index contributed by atoms with van der Waals surface area (Å²) in [5.41, 5.74) is 2.33. The maximum atomic E-state index is 13.0. The van der Waals surface area contributed by atoms with Crippen molar-refractivity contribution in [2.75, 3.05) is 24.5 Å². The number of piperazine rings is 1. The Hall–Kier alpha value is -2.08. The molecule has 1 amide bonds. The highest BCUT2D eigenvalue weighted by molar-refractivity contribution is 5.86. The minimum atomic E-state index is -1.66. The van der Waals surface area contributed by atoms with Crippen molar-refractivity contribution in [1.29, 1.82) is 0 Å². The Morgan fingerprint density at radius 2 is 1.81 bits per heavy atom. The number of anilines is 1. The van der Waals surface area contributed by atoms with Gasteiger partial charge in [0.2, 0.25) is 5.91 Å². The van der Waals surface area contributed by atoms with Gasteiger partial charge in [-0.3, -0.25) is 4.79 Å². The Morgan fingerprint density at radius 1 is 1.19 bits per heavy atom. The molecule has 0 saturated carbocycles. The number of carbonyl (C=O) groups excluding carboxylic acids is 1. The summed E-state index contributed by atoms with van der Waals surface area (Å²) in [6.45, 7) is 9.77. The molecular weight excluding hydrogens is 332 g/mol. The number of aryl methyl sites for hydroxylation is 1. The Kier molecular flexibility index (Phi) is 6.64. The normalized spacial score (nSPS) is 20.2. The summed E-state index contributed by atoms with van der Waals surface area (Å²) in [4.78, 5) is 28.1. The van der Waals surface area contributed by atoms with Crippen molar-refractivity contribution < 1.29 is 19.8 Å². The van der Waals surface area contributed by atoms with Crippen LogP contribution < -0.4 is 4.90 Å². The van der Waals surface area contributed by atoms with Crippen LogP contribution in [0.3, 0.4) is 0 Å². The van der Waals surface area contributed by atoms with Crippen molar-refractivity contribution >= 4 is 17.6 Å². The van der Waals surface area contributed by atoms with Gasteiger partial charge in [0, 0.05) is 31.4 Å². The van der Waals surface area contributed by atoms with E-state index in [0.717, 1.165) is 5.69 Å². The maximum Gasteiger partial charge on any atom is 0.333 e.